The Balaban J connectivity index is 2.33. The Morgan fingerprint density at radius 3 is 2.80 bits per heavy atom. The molecule has 1 N–H and O–H groups in total. The van der Waals surface area contributed by atoms with Gasteiger partial charge in [-0.15, -0.1) is 0 Å². The van der Waals surface area contributed by atoms with E-state index in [4.69, 9.17) is 0 Å². The number of carbonyl (C=O) groups is 1. The number of ketones is 1. The first-order chi connectivity index (χ1) is 7.11. The SMILES string of the molecule is CC(=O)c1cnn(C2CCCC2O)c1C. The highest BCUT2D eigenvalue weighted by atomic mass is 16.3. The molecule has 1 aliphatic carbocycles. The Morgan fingerprint density at radius 2 is 2.33 bits per heavy atom. The van der Waals surface area contributed by atoms with E-state index in [0.717, 1.165) is 25.0 Å². The molecule has 0 bridgehead atoms. The van der Waals surface area contributed by atoms with E-state index < -0.39 is 0 Å². The third-order valence-corrected chi connectivity index (χ3v) is 3.18. The summed E-state index contributed by atoms with van der Waals surface area (Å²) in [5, 5.41) is 14.0. The summed E-state index contributed by atoms with van der Waals surface area (Å²) in [5.74, 6) is 0.0336. The van der Waals surface area contributed by atoms with Gasteiger partial charge in [-0.1, -0.05) is 0 Å². The zero-order valence-corrected chi connectivity index (χ0v) is 9.10. The van der Waals surface area contributed by atoms with Gasteiger partial charge in [-0.25, -0.2) is 0 Å². The monoisotopic (exact) mass is 208 g/mol. The van der Waals surface area contributed by atoms with Gasteiger partial charge in [-0.05, 0) is 33.1 Å². The van der Waals surface area contributed by atoms with Crippen LogP contribution in [-0.2, 0) is 0 Å². The number of aromatic nitrogens is 2. The summed E-state index contributed by atoms with van der Waals surface area (Å²) in [5.41, 5.74) is 1.53. The summed E-state index contributed by atoms with van der Waals surface area (Å²) in [6, 6.07) is 0.0538. The summed E-state index contributed by atoms with van der Waals surface area (Å²) in [6.07, 6.45) is 4.09. The van der Waals surface area contributed by atoms with Crippen molar-refractivity contribution >= 4 is 5.78 Å². The van der Waals surface area contributed by atoms with Gasteiger partial charge in [0.05, 0.1) is 23.9 Å². The molecule has 2 unspecified atom stereocenters. The average molecular weight is 208 g/mol. The minimum atomic E-state index is -0.316. The van der Waals surface area contributed by atoms with Crippen LogP contribution in [0.1, 0.15) is 48.3 Å². The number of Topliss-reactive ketones (excluding diaryl/α,β-unsaturated/α-hetero) is 1. The summed E-state index contributed by atoms with van der Waals surface area (Å²) in [4.78, 5) is 11.3. The molecule has 0 aliphatic heterocycles. The van der Waals surface area contributed by atoms with Crippen molar-refractivity contribution in [3.8, 4) is 0 Å². The molecule has 1 aromatic rings. The molecular formula is C11H16N2O2. The first-order valence-electron chi connectivity index (χ1n) is 5.34. The Labute approximate surface area is 88.9 Å². The normalized spacial score (nSPS) is 25.8. The van der Waals surface area contributed by atoms with Gasteiger partial charge in [0.15, 0.2) is 5.78 Å². The van der Waals surface area contributed by atoms with Gasteiger partial charge < -0.3 is 5.11 Å². The molecule has 0 spiro atoms. The Hall–Kier alpha value is -1.16. The smallest absolute Gasteiger partial charge is 0.163 e. The van der Waals surface area contributed by atoms with Crippen molar-refractivity contribution in [3.05, 3.63) is 17.5 Å². The second-order valence-electron chi connectivity index (χ2n) is 4.21. The van der Waals surface area contributed by atoms with Crippen LogP contribution in [0.15, 0.2) is 6.20 Å². The number of rotatable bonds is 2. The van der Waals surface area contributed by atoms with E-state index in [2.05, 4.69) is 5.10 Å². The number of hydrogen-bond donors (Lipinski definition) is 1. The molecule has 0 amide bonds. The largest absolute Gasteiger partial charge is 0.391 e. The number of aliphatic hydroxyl groups is 1. The molecule has 0 aromatic carbocycles. The molecular weight excluding hydrogens is 192 g/mol. The first kappa shape index (κ1) is 10.4. The lowest BCUT2D eigenvalue weighted by molar-refractivity contribution is 0.101. The van der Waals surface area contributed by atoms with Crippen LogP contribution in [0.3, 0.4) is 0 Å². The molecule has 82 valence electrons. The van der Waals surface area contributed by atoms with E-state index in [9.17, 15) is 9.90 Å². The molecule has 4 heteroatoms. The minimum Gasteiger partial charge on any atom is -0.391 e. The molecule has 2 rings (SSSR count). The van der Waals surface area contributed by atoms with Gasteiger partial charge in [0.2, 0.25) is 0 Å². The highest BCUT2D eigenvalue weighted by Crippen LogP contribution is 2.31. The van der Waals surface area contributed by atoms with Gasteiger partial charge in [0, 0.05) is 5.69 Å². The molecule has 0 saturated heterocycles. The van der Waals surface area contributed by atoms with Gasteiger partial charge >= 0.3 is 0 Å². The van der Waals surface area contributed by atoms with Crippen molar-refractivity contribution in [2.75, 3.05) is 0 Å². The molecule has 1 fully saturated rings. The standard InChI is InChI=1S/C11H16N2O2/c1-7-9(8(2)14)6-12-13(7)10-4-3-5-11(10)15/h6,10-11,15H,3-5H2,1-2H3. The fraction of sp³-hybridized carbons (Fsp3) is 0.636. The van der Waals surface area contributed by atoms with Crippen LogP contribution in [0.25, 0.3) is 0 Å². The zero-order valence-electron chi connectivity index (χ0n) is 9.10. The van der Waals surface area contributed by atoms with Crippen LogP contribution in [0.5, 0.6) is 0 Å². The predicted molar refractivity (Wildman–Crippen MR) is 55.9 cm³/mol. The van der Waals surface area contributed by atoms with E-state index in [1.165, 1.54) is 0 Å². The van der Waals surface area contributed by atoms with Crippen molar-refractivity contribution in [3.63, 3.8) is 0 Å². The van der Waals surface area contributed by atoms with E-state index >= 15 is 0 Å². The maximum atomic E-state index is 11.3. The van der Waals surface area contributed by atoms with Crippen molar-refractivity contribution in [2.24, 2.45) is 0 Å². The van der Waals surface area contributed by atoms with Gasteiger partial charge in [-0.2, -0.15) is 5.10 Å². The highest BCUT2D eigenvalue weighted by Gasteiger charge is 2.29. The number of carbonyl (C=O) groups excluding carboxylic acids is 1. The third-order valence-electron chi connectivity index (χ3n) is 3.18. The van der Waals surface area contributed by atoms with Crippen molar-refractivity contribution in [1.29, 1.82) is 0 Å². The van der Waals surface area contributed by atoms with E-state index in [1.807, 2.05) is 6.92 Å². The fourth-order valence-corrected chi connectivity index (χ4v) is 2.31. The maximum Gasteiger partial charge on any atom is 0.163 e. The lowest BCUT2D eigenvalue weighted by Gasteiger charge is -2.16. The number of nitrogens with zero attached hydrogens (tertiary/aromatic N) is 2. The average Bonchev–Trinajstić information content (AvgIpc) is 2.71. The molecule has 1 aliphatic rings. The van der Waals surface area contributed by atoms with Crippen molar-refractivity contribution in [2.45, 2.75) is 45.3 Å². The minimum absolute atomic E-state index is 0.0336. The summed E-state index contributed by atoms with van der Waals surface area (Å²) in [6.45, 7) is 3.42. The number of hydrogen-bond acceptors (Lipinski definition) is 3. The molecule has 2 atom stereocenters. The first-order valence-corrected chi connectivity index (χ1v) is 5.34. The molecule has 4 nitrogen and oxygen atoms in total. The third kappa shape index (κ3) is 1.69. The molecule has 1 heterocycles. The van der Waals surface area contributed by atoms with Crippen molar-refractivity contribution < 1.29 is 9.90 Å². The second kappa shape index (κ2) is 3.77. The van der Waals surface area contributed by atoms with Crippen LogP contribution < -0.4 is 0 Å². The lowest BCUT2D eigenvalue weighted by Crippen LogP contribution is -2.20. The van der Waals surface area contributed by atoms with E-state index in [1.54, 1.807) is 17.8 Å². The quantitative estimate of drug-likeness (QED) is 0.749. The summed E-state index contributed by atoms with van der Waals surface area (Å²) in [7, 11) is 0. The maximum absolute atomic E-state index is 11.3. The topological polar surface area (TPSA) is 55.1 Å². The van der Waals surface area contributed by atoms with Crippen LogP contribution in [-0.4, -0.2) is 26.8 Å². The number of aliphatic hydroxyl groups excluding tert-OH is 1. The molecule has 1 aromatic heterocycles. The fourth-order valence-electron chi connectivity index (χ4n) is 2.31. The van der Waals surface area contributed by atoms with E-state index in [-0.39, 0.29) is 17.9 Å². The Kier molecular flexibility index (Phi) is 2.61. The van der Waals surface area contributed by atoms with E-state index in [0.29, 0.717) is 5.56 Å². The summed E-state index contributed by atoms with van der Waals surface area (Å²) < 4.78 is 1.80. The van der Waals surface area contributed by atoms with Gasteiger partial charge in [0.25, 0.3) is 0 Å². The van der Waals surface area contributed by atoms with Crippen LogP contribution in [0.4, 0.5) is 0 Å². The Morgan fingerprint density at radius 1 is 1.60 bits per heavy atom. The molecule has 15 heavy (non-hydrogen) atoms. The van der Waals surface area contributed by atoms with Crippen molar-refractivity contribution in [1.82, 2.24) is 9.78 Å². The van der Waals surface area contributed by atoms with Crippen LogP contribution in [0, 0.1) is 6.92 Å². The van der Waals surface area contributed by atoms with Gasteiger partial charge in [0.1, 0.15) is 0 Å². The summed E-state index contributed by atoms with van der Waals surface area (Å²) >= 11 is 0. The lowest BCUT2D eigenvalue weighted by atomic mass is 10.1. The van der Waals surface area contributed by atoms with Crippen LogP contribution in [0.2, 0.25) is 0 Å². The predicted octanol–water partition coefficient (Wildman–Crippen LogP) is 1.48. The second-order valence-corrected chi connectivity index (χ2v) is 4.21. The molecule has 0 radical (unpaired) electrons. The Bertz CT molecular complexity index is 384. The highest BCUT2D eigenvalue weighted by molar-refractivity contribution is 5.94. The van der Waals surface area contributed by atoms with Crippen LogP contribution >= 0.6 is 0 Å². The van der Waals surface area contributed by atoms with Gasteiger partial charge in [-0.3, -0.25) is 9.48 Å². The zero-order chi connectivity index (χ0) is 11.0. The molecule has 1 saturated carbocycles.